The van der Waals surface area contributed by atoms with E-state index in [4.69, 9.17) is 9.47 Å². The van der Waals surface area contributed by atoms with Gasteiger partial charge in [0.25, 0.3) is 0 Å². The SMILES string of the molecule is c1ccc2c(CCCC3OCCO3)ccnc2c1. The summed E-state index contributed by atoms with van der Waals surface area (Å²) >= 11 is 0. The fraction of sp³-hybridized carbons (Fsp3) is 0.400. The van der Waals surface area contributed by atoms with Gasteiger partial charge in [0, 0.05) is 11.6 Å². The van der Waals surface area contributed by atoms with E-state index in [1.165, 1.54) is 10.9 Å². The highest BCUT2D eigenvalue weighted by atomic mass is 16.7. The largest absolute Gasteiger partial charge is 0.350 e. The molecule has 0 bridgehead atoms. The standard InChI is InChI=1S/C15H17NO2/c1-2-6-14-13(5-1)12(8-9-16-14)4-3-7-15-17-10-11-18-15/h1-2,5-6,8-9,15H,3-4,7,10-11H2. The molecular formula is C15H17NO2. The molecule has 1 saturated heterocycles. The lowest BCUT2D eigenvalue weighted by molar-refractivity contribution is -0.0475. The van der Waals surface area contributed by atoms with Gasteiger partial charge in [-0.3, -0.25) is 4.98 Å². The van der Waals surface area contributed by atoms with Crippen molar-refractivity contribution in [1.29, 1.82) is 0 Å². The van der Waals surface area contributed by atoms with Gasteiger partial charge in [0.15, 0.2) is 6.29 Å². The van der Waals surface area contributed by atoms with Crippen LogP contribution in [0.5, 0.6) is 0 Å². The number of para-hydroxylation sites is 1. The third kappa shape index (κ3) is 2.52. The molecule has 0 spiro atoms. The van der Waals surface area contributed by atoms with E-state index in [0.717, 1.165) is 38.0 Å². The molecule has 0 amide bonds. The van der Waals surface area contributed by atoms with Gasteiger partial charge in [0.05, 0.1) is 18.7 Å². The summed E-state index contributed by atoms with van der Waals surface area (Å²) in [6.07, 6.45) is 5.00. The van der Waals surface area contributed by atoms with Crippen LogP contribution in [0.2, 0.25) is 0 Å². The van der Waals surface area contributed by atoms with Crippen molar-refractivity contribution in [3.05, 3.63) is 42.1 Å². The van der Waals surface area contributed by atoms with Crippen LogP contribution in [0.3, 0.4) is 0 Å². The van der Waals surface area contributed by atoms with E-state index in [1.54, 1.807) is 0 Å². The number of rotatable bonds is 4. The van der Waals surface area contributed by atoms with Gasteiger partial charge in [0.1, 0.15) is 0 Å². The Morgan fingerprint density at radius 1 is 1.11 bits per heavy atom. The smallest absolute Gasteiger partial charge is 0.157 e. The Bertz CT molecular complexity index is 515. The van der Waals surface area contributed by atoms with Crippen molar-refractivity contribution in [3.8, 4) is 0 Å². The first-order valence-electron chi connectivity index (χ1n) is 6.49. The fourth-order valence-electron chi connectivity index (χ4n) is 2.41. The Morgan fingerprint density at radius 3 is 2.83 bits per heavy atom. The second-order valence-corrected chi connectivity index (χ2v) is 4.55. The van der Waals surface area contributed by atoms with Crippen LogP contribution in [0.25, 0.3) is 10.9 Å². The minimum Gasteiger partial charge on any atom is -0.350 e. The minimum atomic E-state index is 0.0121. The van der Waals surface area contributed by atoms with Gasteiger partial charge in [-0.1, -0.05) is 18.2 Å². The molecule has 1 fully saturated rings. The van der Waals surface area contributed by atoms with Crippen LogP contribution < -0.4 is 0 Å². The van der Waals surface area contributed by atoms with Gasteiger partial charge >= 0.3 is 0 Å². The molecule has 1 aromatic carbocycles. The summed E-state index contributed by atoms with van der Waals surface area (Å²) in [6, 6.07) is 10.4. The van der Waals surface area contributed by atoms with Crippen molar-refractivity contribution in [2.24, 2.45) is 0 Å². The highest BCUT2D eigenvalue weighted by Crippen LogP contribution is 2.19. The molecule has 0 N–H and O–H groups in total. The van der Waals surface area contributed by atoms with E-state index in [2.05, 4.69) is 29.2 Å². The Hall–Kier alpha value is -1.45. The van der Waals surface area contributed by atoms with Crippen LogP contribution in [0, 0.1) is 0 Å². The third-order valence-corrected chi connectivity index (χ3v) is 3.32. The van der Waals surface area contributed by atoms with Crippen molar-refractivity contribution in [2.75, 3.05) is 13.2 Å². The number of pyridine rings is 1. The number of aryl methyl sites for hydroxylation is 1. The first-order valence-corrected chi connectivity index (χ1v) is 6.49. The molecule has 1 aliphatic rings. The molecular weight excluding hydrogens is 226 g/mol. The molecule has 0 radical (unpaired) electrons. The van der Waals surface area contributed by atoms with Crippen LogP contribution in [-0.4, -0.2) is 24.5 Å². The molecule has 3 nitrogen and oxygen atoms in total. The Kier molecular flexibility index (Phi) is 3.53. The monoisotopic (exact) mass is 243 g/mol. The lowest BCUT2D eigenvalue weighted by Gasteiger charge is -2.09. The predicted octanol–water partition coefficient (Wildman–Crippen LogP) is 2.93. The van der Waals surface area contributed by atoms with Crippen molar-refractivity contribution >= 4 is 10.9 Å². The van der Waals surface area contributed by atoms with Gasteiger partial charge in [0.2, 0.25) is 0 Å². The number of aromatic nitrogens is 1. The van der Waals surface area contributed by atoms with Gasteiger partial charge in [-0.15, -0.1) is 0 Å². The fourth-order valence-corrected chi connectivity index (χ4v) is 2.41. The van der Waals surface area contributed by atoms with Crippen LogP contribution in [-0.2, 0) is 15.9 Å². The second-order valence-electron chi connectivity index (χ2n) is 4.55. The van der Waals surface area contributed by atoms with E-state index < -0.39 is 0 Å². The summed E-state index contributed by atoms with van der Waals surface area (Å²) in [5, 5.41) is 1.26. The summed E-state index contributed by atoms with van der Waals surface area (Å²) in [5.74, 6) is 0. The van der Waals surface area contributed by atoms with Crippen molar-refractivity contribution in [3.63, 3.8) is 0 Å². The lowest BCUT2D eigenvalue weighted by atomic mass is 10.0. The zero-order chi connectivity index (χ0) is 12.2. The van der Waals surface area contributed by atoms with E-state index in [-0.39, 0.29) is 6.29 Å². The molecule has 0 atom stereocenters. The van der Waals surface area contributed by atoms with Crippen LogP contribution >= 0.6 is 0 Å². The molecule has 0 aliphatic carbocycles. The van der Waals surface area contributed by atoms with E-state index in [0.29, 0.717) is 0 Å². The number of hydrogen-bond acceptors (Lipinski definition) is 3. The summed E-state index contributed by atoms with van der Waals surface area (Å²) in [5.41, 5.74) is 2.43. The predicted molar refractivity (Wildman–Crippen MR) is 70.4 cm³/mol. The van der Waals surface area contributed by atoms with Crippen molar-refractivity contribution < 1.29 is 9.47 Å². The van der Waals surface area contributed by atoms with Gasteiger partial charge in [-0.2, -0.15) is 0 Å². The molecule has 2 heterocycles. The highest BCUT2D eigenvalue weighted by Gasteiger charge is 2.15. The highest BCUT2D eigenvalue weighted by molar-refractivity contribution is 5.81. The number of benzene rings is 1. The van der Waals surface area contributed by atoms with Crippen LogP contribution in [0.1, 0.15) is 18.4 Å². The molecule has 2 aromatic rings. The summed E-state index contributed by atoms with van der Waals surface area (Å²) < 4.78 is 10.9. The molecule has 1 aromatic heterocycles. The normalized spacial score (nSPS) is 16.4. The zero-order valence-corrected chi connectivity index (χ0v) is 10.3. The minimum absolute atomic E-state index is 0.0121. The molecule has 1 aliphatic heterocycles. The lowest BCUT2D eigenvalue weighted by Crippen LogP contribution is -2.07. The van der Waals surface area contributed by atoms with Crippen molar-refractivity contribution in [2.45, 2.75) is 25.6 Å². The number of hydrogen-bond donors (Lipinski definition) is 0. The van der Waals surface area contributed by atoms with Gasteiger partial charge in [-0.05, 0) is 37.0 Å². The Balaban J connectivity index is 1.66. The molecule has 3 heteroatoms. The summed E-state index contributed by atoms with van der Waals surface area (Å²) in [6.45, 7) is 1.48. The van der Waals surface area contributed by atoms with E-state index >= 15 is 0 Å². The maximum atomic E-state index is 5.44. The van der Waals surface area contributed by atoms with Crippen LogP contribution in [0.4, 0.5) is 0 Å². The Morgan fingerprint density at radius 2 is 1.94 bits per heavy atom. The average molecular weight is 243 g/mol. The van der Waals surface area contributed by atoms with E-state index in [1.807, 2.05) is 12.3 Å². The first kappa shape index (κ1) is 11.6. The van der Waals surface area contributed by atoms with Crippen molar-refractivity contribution in [1.82, 2.24) is 4.98 Å². The molecule has 18 heavy (non-hydrogen) atoms. The van der Waals surface area contributed by atoms with Gasteiger partial charge < -0.3 is 9.47 Å². The molecule has 0 unspecified atom stereocenters. The molecule has 3 rings (SSSR count). The summed E-state index contributed by atoms with van der Waals surface area (Å²) in [7, 11) is 0. The maximum absolute atomic E-state index is 5.44. The summed E-state index contributed by atoms with van der Waals surface area (Å²) in [4.78, 5) is 4.38. The maximum Gasteiger partial charge on any atom is 0.157 e. The number of ether oxygens (including phenoxy) is 2. The zero-order valence-electron chi connectivity index (χ0n) is 10.3. The third-order valence-electron chi connectivity index (χ3n) is 3.32. The number of fused-ring (bicyclic) bond motifs is 1. The number of nitrogens with zero attached hydrogens (tertiary/aromatic N) is 1. The Labute approximate surface area is 107 Å². The van der Waals surface area contributed by atoms with Gasteiger partial charge in [-0.25, -0.2) is 0 Å². The molecule has 0 saturated carbocycles. The topological polar surface area (TPSA) is 31.4 Å². The van der Waals surface area contributed by atoms with E-state index in [9.17, 15) is 0 Å². The first-order chi connectivity index (χ1) is 8.93. The average Bonchev–Trinajstić information content (AvgIpc) is 2.92. The molecule has 94 valence electrons. The quantitative estimate of drug-likeness (QED) is 0.827. The van der Waals surface area contributed by atoms with Crippen LogP contribution in [0.15, 0.2) is 36.5 Å². The second kappa shape index (κ2) is 5.46.